The Balaban J connectivity index is 1.93. The zero-order valence-electron chi connectivity index (χ0n) is 18.0. The first-order valence-electron chi connectivity index (χ1n) is 11.3. The van der Waals surface area contributed by atoms with Crippen LogP contribution in [0.3, 0.4) is 0 Å². The highest BCUT2D eigenvalue weighted by Crippen LogP contribution is 2.14. The summed E-state index contributed by atoms with van der Waals surface area (Å²) in [6.45, 7) is 2.43. The van der Waals surface area contributed by atoms with Crippen LogP contribution in [-0.4, -0.2) is 23.7 Å². The lowest BCUT2D eigenvalue weighted by atomic mass is 10.0. The molecule has 1 N–H and O–H groups in total. The van der Waals surface area contributed by atoms with Gasteiger partial charge in [0.25, 0.3) is 0 Å². The molecule has 0 fully saturated rings. The summed E-state index contributed by atoms with van der Waals surface area (Å²) in [6.07, 6.45) is 20.6. The van der Waals surface area contributed by atoms with Gasteiger partial charge in [-0.25, -0.2) is 9.59 Å². The van der Waals surface area contributed by atoms with Gasteiger partial charge in [0.15, 0.2) is 0 Å². The SMILES string of the molecule is C/C=C/CCCCCCCCCCCCCCOC(=O)c1ccccc1C(=O)O. The fourth-order valence-electron chi connectivity index (χ4n) is 3.39. The highest BCUT2D eigenvalue weighted by atomic mass is 16.5. The summed E-state index contributed by atoms with van der Waals surface area (Å²) in [6, 6.07) is 6.17. The van der Waals surface area contributed by atoms with Crippen LogP contribution >= 0.6 is 0 Å². The van der Waals surface area contributed by atoms with E-state index in [9.17, 15) is 9.59 Å². The molecule has 1 aromatic carbocycles. The van der Waals surface area contributed by atoms with Crippen LogP contribution in [0.5, 0.6) is 0 Å². The predicted octanol–water partition coefficient (Wildman–Crippen LogP) is 7.19. The number of hydrogen-bond acceptors (Lipinski definition) is 3. The van der Waals surface area contributed by atoms with Gasteiger partial charge in [-0.3, -0.25) is 0 Å². The molecule has 0 amide bonds. The maximum absolute atomic E-state index is 12.0. The minimum Gasteiger partial charge on any atom is -0.478 e. The highest BCUT2D eigenvalue weighted by molar-refractivity contribution is 6.02. The van der Waals surface area contributed by atoms with Gasteiger partial charge >= 0.3 is 11.9 Å². The molecule has 0 aliphatic carbocycles. The Morgan fingerprint density at radius 1 is 0.793 bits per heavy atom. The van der Waals surface area contributed by atoms with Gasteiger partial charge in [-0.15, -0.1) is 0 Å². The number of benzene rings is 1. The Labute approximate surface area is 176 Å². The molecule has 0 aromatic heterocycles. The second kappa shape index (κ2) is 16.8. The van der Waals surface area contributed by atoms with Crippen molar-refractivity contribution < 1.29 is 19.4 Å². The monoisotopic (exact) mass is 402 g/mol. The third-order valence-corrected chi connectivity index (χ3v) is 5.11. The van der Waals surface area contributed by atoms with Crippen LogP contribution in [-0.2, 0) is 4.74 Å². The van der Waals surface area contributed by atoms with Gasteiger partial charge in [-0.05, 0) is 38.3 Å². The smallest absolute Gasteiger partial charge is 0.339 e. The van der Waals surface area contributed by atoms with E-state index in [1.54, 1.807) is 12.1 Å². The van der Waals surface area contributed by atoms with Crippen LogP contribution < -0.4 is 0 Å². The average molecular weight is 403 g/mol. The third kappa shape index (κ3) is 12.1. The summed E-state index contributed by atoms with van der Waals surface area (Å²) in [7, 11) is 0. The zero-order chi connectivity index (χ0) is 21.2. The first-order valence-corrected chi connectivity index (χ1v) is 11.3. The van der Waals surface area contributed by atoms with Crippen LogP contribution in [0, 0.1) is 0 Å². The summed E-state index contributed by atoms with van der Waals surface area (Å²) < 4.78 is 5.23. The standard InChI is InChI=1S/C25H38O4/c1-2-3-4-5-6-7-8-9-10-11-12-13-14-15-18-21-29-25(28)23-20-17-16-19-22(23)24(26)27/h2-3,16-17,19-20H,4-15,18,21H2,1H3,(H,26,27)/b3-2+. The minimum absolute atomic E-state index is 0.00820. The number of carboxylic acids is 1. The molecule has 0 spiro atoms. The van der Waals surface area contributed by atoms with Crippen LogP contribution in [0.1, 0.15) is 111 Å². The van der Waals surface area contributed by atoms with Crippen molar-refractivity contribution in [2.75, 3.05) is 6.61 Å². The molecule has 4 heteroatoms. The van der Waals surface area contributed by atoms with Crippen LogP contribution in [0.25, 0.3) is 0 Å². The third-order valence-electron chi connectivity index (χ3n) is 5.11. The van der Waals surface area contributed by atoms with Crippen LogP contribution in [0.15, 0.2) is 36.4 Å². The Morgan fingerprint density at radius 3 is 1.79 bits per heavy atom. The largest absolute Gasteiger partial charge is 0.478 e. The fraction of sp³-hybridized carbons (Fsp3) is 0.600. The van der Waals surface area contributed by atoms with Crippen molar-refractivity contribution in [3.63, 3.8) is 0 Å². The molecule has 0 radical (unpaired) electrons. The van der Waals surface area contributed by atoms with Crippen LogP contribution in [0.2, 0.25) is 0 Å². The second-order valence-electron chi connectivity index (χ2n) is 7.59. The van der Waals surface area contributed by atoms with Gasteiger partial charge < -0.3 is 9.84 Å². The predicted molar refractivity (Wildman–Crippen MR) is 119 cm³/mol. The normalized spacial score (nSPS) is 11.1. The summed E-state index contributed by atoms with van der Waals surface area (Å²) in [5, 5.41) is 9.12. The highest BCUT2D eigenvalue weighted by Gasteiger charge is 2.16. The maximum atomic E-state index is 12.0. The molecule has 0 unspecified atom stereocenters. The van der Waals surface area contributed by atoms with Crippen LogP contribution in [0.4, 0.5) is 0 Å². The van der Waals surface area contributed by atoms with Crippen molar-refractivity contribution in [1.82, 2.24) is 0 Å². The number of rotatable bonds is 17. The molecule has 1 aromatic rings. The van der Waals surface area contributed by atoms with Crippen molar-refractivity contribution >= 4 is 11.9 Å². The quantitative estimate of drug-likeness (QED) is 0.170. The number of carboxylic acid groups (broad SMARTS) is 1. The van der Waals surface area contributed by atoms with E-state index in [4.69, 9.17) is 9.84 Å². The zero-order valence-corrected chi connectivity index (χ0v) is 18.0. The molecule has 0 aliphatic rings. The molecular weight excluding hydrogens is 364 g/mol. The summed E-state index contributed by atoms with van der Waals surface area (Å²) in [5.74, 6) is -1.66. The molecule has 1 rings (SSSR count). The number of ether oxygens (including phenoxy) is 1. The topological polar surface area (TPSA) is 63.6 Å². The lowest BCUT2D eigenvalue weighted by molar-refractivity contribution is 0.0487. The molecule has 162 valence electrons. The number of allylic oxidation sites excluding steroid dienone is 2. The van der Waals surface area contributed by atoms with E-state index in [-0.39, 0.29) is 11.1 Å². The molecule has 4 nitrogen and oxygen atoms in total. The maximum Gasteiger partial charge on any atom is 0.339 e. The van der Waals surface area contributed by atoms with Crippen molar-refractivity contribution in [2.24, 2.45) is 0 Å². The van der Waals surface area contributed by atoms with E-state index in [2.05, 4.69) is 19.1 Å². The molecular formula is C25H38O4. The van der Waals surface area contributed by atoms with E-state index in [0.717, 1.165) is 19.3 Å². The lowest BCUT2D eigenvalue weighted by Gasteiger charge is -2.07. The fourth-order valence-corrected chi connectivity index (χ4v) is 3.39. The Kier molecular flexibility index (Phi) is 14.5. The molecule has 0 heterocycles. The van der Waals surface area contributed by atoms with Gasteiger partial charge in [0.2, 0.25) is 0 Å². The molecule has 0 bridgehead atoms. The molecule has 0 atom stereocenters. The molecule has 0 aliphatic heterocycles. The van der Waals surface area contributed by atoms with Gasteiger partial charge in [-0.2, -0.15) is 0 Å². The lowest BCUT2D eigenvalue weighted by Crippen LogP contribution is -2.12. The van der Waals surface area contributed by atoms with E-state index in [0.29, 0.717) is 6.61 Å². The van der Waals surface area contributed by atoms with Crippen molar-refractivity contribution in [3.8, 4) is 0 Å². The van der Waals surface area contributed by atoms with E-state index >= 15 is 0 Å². The van der Waals surface area contributed by atoms with E-state index in [1.807, 2.05) is 0 Å². The van der Waals surface area contributed by atoms with Crippen molar-refractivity contribution in [2.45, 2.75) is 90.4 Å². The summed E-state index contributed by atoms with van der Waals surface area (Å²) in [5.41, 5.74) is 0.115. The number of esters is 1. The molecule has 0 saturated carbocycles. The van der Waals surface area contributed by atoms with Gasteiger partial charge in [0.1, 0.15) is 0 Å². The number of unbranched alkanes of at least 4 members (excludes halogenated alkanes) is 12. The number of aromatic carboxylic acids is 1. The Bertz CT molecular complexity index is 607. The first-order chi connectivity index (χ1) is 14.2. The second-order valence-corrected chi connectivity index (χ2v) is 7.59. The number of carbonyl (C=O) groups excluding carboxylic acids is 1. The van der Waals surface area contributed by atoms with Gasteiger partial charge in [0.05, 0.1) is 17.7 Å². The van der Waals surface area contributed by atoms with E-state index in [1.165, 1.54) is 76.3 Å². The van der Waals surface area contributed by atoms with E-state index < -0.39 is 11.9 Å². The molecule has 29 heavy (non-hydrogen) atoms. The first kappa shape index (κ1) is 24.9. The van der Waals surface area contributed by atoms with Gasteiger partial charge in [0, 0.05) is 0 Å². The minimum atomic E-state index is -1.11. The number of hydrogen-bond donors (Lipinski definition) is 1. The Morgan fingerprint density at radius 2 is 1.28 bits per heavy atom. The van der Waals surface area contributed by atoms with Gasteiger partial charge in [-0.1, -0.05) is 88.5 Å². The summed E-state index contributed by atoms with van der Waals surface area (Å²) in [4.78, 5) is 23.2. The summed E-state index contributed by atoms with van der Waals surface area (Å²) >= 11 is 0. The Hall–Kier alpha value is -2.10. The average Bonchev–Trinajstić information content (AvgIpc) is 2.73. The van der Waals surface area contributed by atoms with Crippen molar-refractivity contribution in [1.29, 1.82) is 0 Å². The number of carbonyl (C=O) groups is 2. The van der Waals surface area contributed by atoms with Crippen molar-refractivity contribution in [3.05, 3.63) is 47.5 Å². The molecule has 0 saturated heterocycles.